The Labute approximate surface area is 106 Å². The first kappa shape index (κ1) is 11.4. The van der Waals surface area contributed by atoms with Crippen LogP contribution in [0, 0.1) is 5.82 Å². The van der Waals surface area contributed by atoms with Gasteiger partial charge in [0.15, 0.2) is 0 Å². The molecule has 0 amide bonds. The van der Waals surface area contributed by atoms with Crippen LogP contribution in [-0.2, 0) is 0 Å². The number of nitrogens with zero attached hydrogens (tertiary/aromatic N) is 2. The smallest absolute Gasteiger partial charge is 0.125 e. The van der Waals surface area contributed by atoms with E-state index in [1.54, 1.807) is 12.3 Å². The lowest BCUT2D eigenvalue weighted by atomic mass is 9.94. The minimum Gasteiger partial charge on any atom is -0.317 e. The Balaban J connectivity index is 1.95. The number of piperidine rings is 1. The monoisotopic (exact) mass is 245 g/mol. The zero-order chi connectivity index (χ0) is 12.4. The van der Waals surface area contributed by atoms with Crippen molar-refractivity contribution in [2.75, 3.05) is 13.1 Å². The minimum absolute atomic E-state index is 0.223. The lowest BCUT2D eigenvalue weighted by molar-refractivity contribution is 0.446. The summed E-state index contributed by atoms with van der Waals surface area (Å²) in [7, 11) is 0. The van der Waals surface area contributed by atoms with Gasteiger partial charge in [0, 0.05) is 17.8 Å². The summed E-state index contributed by atoms with van der Waals surface area (Å²) in [6.07, 6.45) is 4.02. The summed E-state index contributed by atoms with van der Waals surface area (Å²) in [6.45, 7) is 2.08. The van der Waals surface area contributed by atoms with Crippen molar-refractivity contribution >= 4 is 0 Å². The van der Waals surface area contributed by atoms with Crippen LogP contribution in [0.1, 0.15) is 24.5 Å². The van der Waals surface area contributed by atoms with Crippen molar-refractivity contribution in [2.45, 2.75) is 18.8 Å². The zero-order valence-electron chi connectivity index (χ0n) is 10.1. The van der Waals surface area contributed by atoms with E-state index in [9.17, 15) is 4.39 Å². The van der Waals surface area contributed by atoms with E-state index < -0.39 is 0 Å². The average Bonchev–Trinajstić information content (AvgIpc) is 2.89. The van der Waals surface area contributed by atoms with E-state index in [4.69, 9.17) is 0 Å². The molecule has 3 rings (SSSR count). The van der Waals surface area contributed by atoms with Crippen LogP contribution < -0.4 is 5.32 Å². The van der Waals surface area contributed by atoms with Crippen LogP contribution in [-0.4, -0.2) is 22.9 Å². The molecular formula is C14H16FN3. The number of rotatable bonds is 2. The maximum Gasteiger partial charge on any atom is 0.125 e. The molecule has 1 fully saturated rings. The Kier molecular flexibility index (Phi) is 3.11. The number of nitrogens with one attached hydrogen (secondary N) is 1. The molecule has 0 spiro atoms. The normalized spacial score (nSPS) is 16.9. The number of aromatic nitrogens is 2. The van der Waals surface area contributed by atoms with Crippen molar-refractivity contribution in [3.63, 3.8) is 0 Å². The fourth-order valence-electron chi connectivity index (χ4n) is 2.56. The van der Waals surface area contributed by atoms with Crippen LogP contribution in [0.4, 0.5) is 4.39 Å². The zero-order valence-corrected chi connectivity index (χ0v) is 10.1. The fourth-order valence-corrected chi connectivity index (χ4v) is 2.56. The summed E-state index contributed by atoms with van der Waals surface area (Å²) in [6, 6.07) is 8.63. The molecule has 1 aliphatic rings. The molecule has 0 aliphatic carbocycles. The molecule has 1 aromatic heterocycles. The molecule has 4 heteroatoms. The Morgan fingerprint density at radius 3 is 2.83 bits per heavy atom. The van der Waals surface area contributed by atoms with E-state index in [0.29, 0.717) is 5.92 Å². The Bertz CT molecular complexity index is 529. The second-order valence-corrected chi connectivity index (χ2v) is 4.67. The number of benzene rings is 1. The second-order valence-electron chi connectivity index (χ2n) is 4.67. The molecule has 3 nitrogen and oxygen atoms in total. The molecule has 1 aliphatic heterocycles. The highest BCUT2D eigenvalue weighted by molar-refractivity contribution is 5.34. The van der Waals surface area contributed by atoms with Crippen molar-refractivity contribution in [1.29, 1.82) is 0 Å². The molecule has 18 heavy (non-hydrogen) atoms. The predicted octanol–water partition coefficient (Wildman–Crippen LogP) is 2.48. The third kappa shape index (κ3) is 2.16. The molecular weight excluding hydrogens is 229 g/mol. The summed E-state index contributed by atoms with van der Waals surface area (Å²) in [5.41, 5.74) is 1.98. The van der Waals surface area contributed by atoms with Gasteiger partial charge < -0.3 is 5.32 Å². The van der Waals surface area contributed by atoms with Gasteiger partial charge in [-0.1, -0.05) is 6.07 Å². The summed E-state index contributed by atoms with van der Waals surface area (Å²) in [5.74, 6) is 0.288. The number of halogens is 1. The summed E-state index contributed by atoms with van der Waals surface area (Å²) in [4.78, 5) is 0. The maximum absolute atomic E-state index is 13.3. The van der Waals surface area contributed by atoms with Gasteiger partial charge in [-0.15, -0.1) is 0 Å². The molecule has 94 valence electrons. The van der Waals surface area contributed by atoms with E-state index in [-0.39, 0.29) is 5.82 Å². The molecule has 0 bridgehead atoms. The SMILES string of the molecule is Fc1cccc(-n2nccc2C2CCNCC2)c1. The highest BCUT2D eigenvalue weighted by Crippen LogP contribution is 2.26. The quantitative estimate of drug-likeness (QED) is 0.881. The summed E-state index contributed by atoms with van der Waals surface area (Å²) < 4.78 is 15.1. The van der Waals surface area contributed by atoms with Crippen molar-refractivity contribution < 1.29 is 4.39 Å². The highest BCUT2D eigenvalue weighted by Gasteiger charge is 2.19. The molecule has 1 aromatic carbocycles. The van der Waals surface area contributed by atoms with Crippen molar-refractivity contribution in [3.05, 3.63) is 48.0 Å². The standard InChI is InChI=1S/C14H16FN3/c15-12-2-1-3-13(10-12)18-14(6-9-17-18)11-4-7-16-8-5-11/h1-3,6,9-11,16H,4-5,7-8H2. The topological polar surface area (TPSA) is 29.9 Å². The van der Waals surface area contributed by atoms with E-state index in [0.717, 1.165) is 31.6 Å². The van der Waals surface area contributed by atoms with Crippen LogP contribution >= 0.6 is 0 Å². The van der Waals surface area contributed by atoms with Crippen molar-refractivity contribution in [3.8, 4) is 5.69 Å². The van der Waals surface area contributed by atoms with E-state index in [2.05, 4.69) is 10.4 Å². The van der Waals surface area contributed by atoms with Gasteiger partial charge >= 0.3 is 0 Å². The van der Waals surface area contributed by atoms with Gasteiger partial charge in [0.2, 0.25) is 0 Å². The largest absolute Gasteiger partial charge is 0.317 e. The molecule has 0 atom stereocenters. The van der Waals surface area contributed by atoms with Gasteiger partial charge in [0.25, 0.3) is 0 Å². The lowest BCUT2D eigenvalue weighted by Gasteiger charge is -2.23. The maximum atomic E-state index is 13.3. The van der Waals surface area contributed by atoms with E-state index in [1.807, 2.05) is 16.8 Å². The first-order valence-electron chi connectivity index (χ1n) is 6.35. The van der Waals surface area contributed by atoms with Gasteiger partial charge in [-0.25, -0.2) is 9.07 Å². The summed E-state index contributed by atoms with van der Waals surface area (Å²) in [5, 5.41) is 7.69. The number of hydrogen-bond acceptors (Lipinski definition) is 2. The molecule has 1 N–H and O–H groups in total. The third-order valence-electron chi connectivity index (χ3n) is 3.48. The lowest BCUT2D eigenvalue weighted by Crippen LogP contribution is -2.27. The molecule has 2 heterocycles. The van der Waals surface area contributed by atoms with Crippen LogP contribution in [0.25, 0.3) is 5.69 Å². The van der Waals surface area contributed by atoms with E-state index in [1.165, 1.54) is 17.8 Å². The van der Waals surface area contributed by atoms with Gasteiger partial charge in [0.05, 0.1) is 5.69 Å². The summed E-state index contributed by atoms with van der Waals surface area (Å²) >= 11 is 0. The average molecular weight is 245 g/mol. The van der Waals surface area contributed by atoms with Gasteiger partial charge in [0.1, 0.15) is 5.82 Å². The molecule has 0 saturated carbocycles. The van der Waals surface area contributed by atoms with Crippen LogP contribution in [0.15, 0.2) is 36.5 Å². The van der Waals surface area contributed by atoms with Gasteiger partial charge in [-0.2, -0.15) is 5.10 Å². The predicted molar refractivity (Wildman–Crippen MR) is 68.4 cm³/mol. The Morgan fingerprint density at radius 1 is 1.22 bits per heavy atom. The first-order valence-corrected chi connectivity index (χ1v) is 6.35. The highest BCUT2D eigenvalue weighted by atomic mass is 19.1. The van der Waals surface area contributed by atoms with E-state index >= 15 is 0 Å². The molecule has 0 radical (unpaired) electrons. The van der Waals surface area contributed by atoms with Crippen LogP contribution in [0.3, 0.4) is 0 Å². The third-order valence-corrected chi connectivity index (χ3v) is 3.48. The van der Waals surface area contributed by atoms with Crippen LogP contribution in [0.2, 0.25) is 0 Å². The van der Waals surface area contributed by atoms with Crippen LogP contribution in [0.5, 0.6) is 0 Å². The van der Waals surface area contributed by atoms with Crippen molar-refractivity contribution in [2.24, 2.45) is 0 Å². The number of hydrogen-bond donors (Lipinski definition) is 1. The molecule has 1 saturated heterocycles. The van der Waals surface area contributed by atoms with Gasteiger partial charge in [-0.05, 0) is 50.2 Å². The first-order chi connectivity index (χ1) is 8.84. The Hall–Kier alpha value is -1.68. The minimum atomic E-state index is -0.223. The second kappa shape index (κ2) is 4.90. The van der Waals surface area contributed by atoms with Gasteiger partial charge in [-0.3, -0.25) is 0 Å². The molecule has 0 unspecified atom stereocenters. The Morgan fingerprint density at radius 2 is 2.06 bits per heavy atom. The molecule has 2 aromatic rings. The fraction of sp³-hybridized carbons (Fsp3) is 0.357. The van der Waals surface area contributed by atoms with Crippen molar-refractivity contribution in [1.82, 2.24) is 15.1 Å².